The SMILES string of the molecule is O=C(O)CN(CC(=O)O)C(=O)Nc1c(F)cc(F)cc1Br. The molecule has 0 heterocycles. The van der Waals surface area contributed by atoms with E-state index < -0.39 is 48.4 Å². The molecule has 0 saturated carbocycles. The van der Waals surface area contributed by atoms with Crippen molar-refractivity contribution in [1.82, 2.24) is 4.90 Å². The van der Waals surface area contributed by atoms with E-state index in [0.717, 1.165) is 6.07 Å². The fourth-order valence-corrected chi connectivity index (χ4v) is 1.88. The van der Waals surface area contributed by atoms with Gasteiger partial charge >= 0.3 is 18.0 Å². The molecule has 0 unspecified atom stereocenters. The Hall–Kier alpha value is -2.23. The van der Waals surface area contributed by atoms with Gasteiger partial charge in [0.1, 0.15) is 18.9 Å². The fourth-order valence-electron chi connectivity index (χ4n) is 1.37. The van der Waals surface area contributed by atoms with Crippen LogP contribution >= 0.6 is 15.9 Å². The van der Waals surface area contributed by atoms with E-state index in [1.807, 2.05) is 5.32 Å². The lowest BCUT2D eigenvalue weighted by Gasteiger charge is -2.19. The molecule has 0 aliphatic heterocycles. The first-order valence-electron chi connectivity index (χ1n) is 5.34. The monoisotopic (exact) mass is 366 g/mol. The molecule has 7 nitrogen and oxygen atoms in total. The summed E-state index contributed by atoms with van der Waals surface area (Å²) in [6.07, 6.45) is 0. The molecule has 3 N–H and O–H groups in total. The van der Waals surface area contributed by atoms with Gasteiger partial charge in [0.05, 0.1) is 5.69 Å². The maximum atomic E-state index is 13.5. The van der Waals surface area contributed by atoms with Gasteiger partial charge in [-0.2, -0.15) is 0 Å². The first-order chi connectivity index (χ1) is 9.70. The van der Waals surface area contributed by atoms with Crippen LogP contribution < -0.4 is 5.32 Å². The van der Waals surface area contributed by atoms with Crippen molar-refractivity contribution in [3.63, 3.8) is 0 Å². The maximum absolute atomic E-state index is 13.5. The molecule has 10 heteroatoms. The molecule has 0 atom stereocenters. The van der Waals surface area contributed by atoms with Crippen LogP contribution in [0.25, 0.3) is 0 Å². The van der Waals surface area contributed by atoms with E-state index in [4.69, 9.17) is 10.2 Å². The second kappa shape index (κ2) is 6.97. The predicted octanol–water partition coefficient (Wildman–Crippen LogP) is 1.73. The molecule has 0 aromatic heterocycles. The Labute approximate surface area is 125 Å². The van der Waals surface area contributed by atoms with Crippen molar-refractivity contribution in [2.24, 2.45) is 0 Å². The van der Waals surface area contributed by atoms with Gasteiger partial charge in [0.25, 0.3) is 0 Å². The first kappa shape index (κ1) is 16.8. The van der Waals surface area contributed by atoms with Gasteiger partial charge in [0.2, 0.25) is 0 Å². The molecule has 1 rings (SSSR count). The van der Waals surface area contributed by atoms with Crippen LogP contribution in [-0.4, -0.2) is 46.2 Å². The molecule has 114 valence electrons. The molecule has 0 bridgehead atoms. The van der Waals surface area contributed by atoms with Gasteiger partial charge in [0, 0.05) is 10.5 Å². The second-order valence-electron chi connectivity index (χ2n) is 3.82. The third-order valence-corrected chi connectivity index (χ3v) is 2.80. The van der Waals surface area contributed by atoms with Crippen LogP contribution in [0.15, 0.2) is 16.6 Å². The minimum atomic E-state index is -1.44. The van der Waals surface area contributed by atoms with Crippen molar-refractivity contribution < 1.29 is 33.4 Å². The van der Waals surface area contributed by atoms with Crippen molar-refractivity contribution >= 4 is 39.6 Å². The van der Waals surface area contributed by atoms with Crippen molar-refractivity contribution in [3.8, 4) is 0 Å². The lowest BCUT2D eigenvalue weighted by molar-refractivity contribution is -0.140. The third-order valence-electron chi connectivity index (χ3n) is 2.18. The number of carbonyl (C=O) groups is 3. The van der Waals surface area contributed by atoms with Gasteiger partial charge in [-0.15, -0.1) is 0 Å². The van der Waals surface area contributed by atoms with Crippen molar-refractivity contribution in [3.05, 3.63) is 28.2 Å². The molecule has 0 radical (unpaired) electrons. The van der Waals surface area contributed by atoms with Gasteiger partial charge in [-0.1, -0.05) is 0 Å². The molecule has 2 amide bonds. The lowest BCUT2D eigenvalue weighted by Crippen LogP contribution is -2.42. The number of carbonyl (C=O) groups excluding carboxylic acids is 1. The second-order valence-corrected chi connectivity index (χ2v) is 4.67. The Kier molecular flexibility index (Phi) is 5.59. The Morgan fingerprint density at radius 3 is 2.10 bits per heavy atom. The van der Waals surface area contributed by atoms with E-state index in [0.29, 0.717) is 11.0 Å². The molecule has 0 fully saturated rings. The van der Waals surface area contributed by atoms with Gasteiger partial charge in [-0.05, 0) is 22.0 Å². The Morgan fingerprint density at radius 1 is 1.14 bits per heavy atom. The zero-order chi connectivity index (χ0) is 16.2. The summed E-state index contributed by atoms with van der Waals surface area (Å²) in [5.41, 5.74) is -0.429. The highest BCUT2D eigenvalue weighted by Gasteiger charge is 2.22. The van der Waals surface area contributed by atoms with E-state index in [-0.39, 0.29) is 4.47 Å². The van der Waals surface area contributed by atoms with Crippen molar-refractivity contribution in [2.75, 3.05) is 18.4 Å². The van der Waals surface area contributed by atoms with E-state index in [9.17, 15) is 23.2 Å². The highest BCUT2D eigenvalue weighted by atomic mass is 79.9. The normalized spacial score (nSPS) is 10.0. The molecule has 0 aliphatic carbocycles. The van der Waals surface area contributed by atoms with Gasteiger partial charge < -0.3 is 20.4 Å². The van der Waals surface area contributed by atoms with Gasteiger partial charge in [-0.3, -0.25) is 9.59 Å². The van der Waals surface area contributed by atoms with Crippen LogP contribution in [0.1, 0.15) is 0 Å². The molecule has 0 aliphatic rings. The van der Waals surface area contributed by atoms with Crippen LogP contribution in [0, 0.1) is 11.6 Å². The van der Waals surface area contributed by atoms with Crippen molar-refractivity contribution in [2.45, 2.75) is 0 Å². The zero-order valence-corrected chi connectivity index (χ0v) is 11.9. The highest BCUT2D eigenvalue weighted by molar-refractivity contribution is 9.10. The van der Waals surface area contributed by atoms with Crippen LogP contribution in [0.5, 0.6) is 0 Å². The molecular formula is C11H9BrF2N2O5. The molecule has 0 saturated heterocycles. The number of carboxylic acid groups (broad SMARTS) is 2. The van der Waals surface area contributed by atoms with Crippen LogP contribution in [0.2, 0.25) is 0 Å². The molecule has 21 heavy (non-hydrogen) atoms. The fraction of sp³-hybridized carbons (Fsp3) is 0.182. The third kappa shape index (κ3) is 4.99. The Bertz CT molecular complexity index is 557. The number of carboxylic acids is 2. The number of amides is 2. The van der Waals surface area contributed by atoms with Crippen molar-refractivity contribution in [1.29, 1.82) is 0 Å². The summed E-state index contributed by atoms with van der Waals surface area (Å²) in [6, 6.07) is 0.252. The summed E-state index contributed by atoms with van der Waals surface area (Å²) in [5.74, 6) is -4.86. The largest absolute Gasteiger partial charge is 0.480 e. The number of rotatable bonds is 5. The molecule has 1 aromatic rings. The number of urea groups is 1. The summed E-state index contributed by atoms with van der Waals surface area (Å²) < 4.78 is 26.3. The van der Waals surface area contributed by atoms with Crippen LogP contribution in [-0.2, 0) is 9.59 Å². The number of nitrogens with zero attached hydrogens (tertiary/aromatic N) is 1. The van der Waals surface area contributed by atoms with E-state index >= 15 is 0 Å². The number of benzene rings is 1. The van der Waals surface area contributed by atoms with E-state index in [1.165, 1.54) is 0 Å². The average Bonchev–Trinajstić information content (AvgIpc) is 2.31. The van der Waals surface area contributed by atoms with E-state index in [2.05, 4.69) is 15.9 Å². The smallest absolute Gasteiger partial charge is 0.323 e. The topological polar surface area (TPSA) is 107 Å². The number of hydrogen-bond donors (Lipinski definition) is 3. The number of hydrogen-bond acceptors (Lipinski definition) is 3. The number of aliphatic carboxylic acids is 2. The maximum Gasteiger partial charge on any atom is 0.323 e. The van der Waals surface area contributed by atoms with Gasteiger partial charge in [-0.25, -0.2) is 13.6 Å². The average molecular weight is 367 g/mol. The summed E-state index contributed by atoms with van der Waals surface area (Å²) in [4.78, 5) is 33.4. The molecular weight excluding hydrogens is 358 g/mol. The minimum Gasteiger partial charge on any atom is -0.480 e. The number of nitrogens with one attached hydrogen (secondary N) is 1. The molecule has 0 spiro atoms. The summed E-state index contributed by atoms with van der Waals surface area (Å²) in [6.45, 7) is -1.78. The number of anilines is 1. The Balaban J connectivity index is 2.96. The van der Waals surface area contributed by atoms with Crippen LogP contribution in [0.3, 0.4) is 0 Å². The predicted molar refractivity (Wildman–Crippen MR) is 69.9 cm³/mol. The lowest BCUT2D eigenvalue weighted by atomic mass is 10.3. The first-order valence-corrected chi connectivity index (χ1v) is 6.14. The highest BCUT2D eigenvalue weighted by Crippen LogP contribution is 2.27. The summed E-state index contributed by atoms with van der Waals surface area (Å²) in [5, 5.41) is 19.2. The Morgan fingerprint density at radius 2 is 1.67 bits per heavy atom. The van der Waals surface area contributed by atoms with Crippen LogP contribution in [0.4, 0.5) is 19.3 Å². The summed E-state index contributed by atoms with van der Waals surface area (Å²) in [7, 11) is 0. The zero-order valence-electron chi connectivity index (χ0n) is 10.3. The quantitative estimate of drug-likeness (QED) is 0.735. The molecule has 1 aromatic carbocycles. The minimum absolute atomic E-state index is 0.112. The van der Waals surface area contributed by atoms with E-state index in [1.54, 1.807) is 0 Å². The standard InChI is InChI=1S/C11H9BrF2N2O5/c12-6-1-5(13)2-7(14)10(6)15-11(21)16(3-8(17)18)4-9(19)20/h1-2H,3-4H2,(H,15,21)(H,17,18)(H,19,20). The summed E-state index contributed by atoms with van der Waals surface area (Å²) >= 11 is 2.83. The number of halogens is 3. The van der Waals surface area contributed by atoms with Gasteiger partial charge in [0.15, 0.2) is 5.82 Å².